The van der Waals surface area contributed by atoms with Crippen LogP contribution < -0.4 is 9.64 Å². The molecule has 0 unspecified atom stereocenters. The van der Waals surface area contributed by atoms with Gasteiger partial charge in [-0.1, -0.05) is 86.6 Å². The molecular weight excluding hydrogens is 538 g/mol. The lowest BCUT2D eigenvalue weighted by atomic mass is 9.91. The summed E-state index contributed by atoms with van der Waals surface area (Å²) < 4.78 is 12.0. The van der Waals surface area contributed by atoms with E-state index in [-0.39, 0.29) is 11.3 Å². The quantitative estimate of drug-likeness (QED) is 0.204. The molecule has 3 heterocycles. The van der Waals surface area contributed by atoms with Gasteiger partial charge in [-0.2, -0.15) is 4.98 Å². The fourth-order valence-electron chi connectivity index (χ4n) is 5.44. The van der Waals surface area contributed by atoms with Gasteiger partial charge >= 0.3 is 0 Å². The number of anilines is 1. The van der Waals surface area contributed by atoms with Crippen LogP contribution in [-0.4, -0.2) is 52.1 Å². The van der Waals surface area contributed by atoms with Crippen LogP contribution in [0.15, 0.2) is 89.5 Å². The zero-order chi connectivity index (χ0) is 29.8. The highest BCUT2D eigenvalue weighted by molar-refractivity contribution is 5.98. The van der Waals surface area contributed by atoms with E-state index >= 15 is 0 Å². The molecule has 1 saturated heterocycles. The van der Waals surface area contributed by atoms with Crippen molar-refractivity contribution in [2.24, 2.45) is 5.41 Å². The highest BCUT2D eigenvalue weighted by Gasteiger charge is 2.27. The van der Waals surface area contributed by atoms with Crippen LogP contribution in [0.1, 0.15) is 45.0 Å². The van der Waals surface area contributed by atoms with Crippen LogP contribution in [-0.2, 0) is 11.2 Å². The molecule has 0 N–H and O–H groups in total. The molecule has 5 aromatic rings. The van der Waals surface area contributed by atoms with Crippen molar-refractivity contribution < 1.29 is 14.1 Å². The van der Waals surface area contributed by atoms with Gasteiger partial charge in [0.15, 0.2) is 0 Å². The first-order chi connectivity index (χ1) is 20.8. The number of hydrogen-bond donors (Lipinski definition) is 0. The van der Waals surface area contributed by atoms with Crippen molar-refractivity contribution in [2.75, 3.05) is 31.1 Å². The van der Waals surface area contributed by atoms with E-state index in [0.29, 0.717) is 48.9 Å². The summed E-state index contributed by atoms with van der Waals surface area (Å²) in [7, 11) is 0. The second-order valence-corrected chi connectivity index (χ2v) is 12.2. The smallest absolute Gasteiger partial charge is 0.263 e. The average Bonchev–Trinajstić information content (AvgIpc) is 3.25. The second kappa shape index (κ2) is 12.3. The highest BCUT2D eigenvalue weighted by atomic mass is 16.5. The Morgan fingerprint density at radius 3 is 2.37 bits per heavy atom. The van der Waals surface area contributed by atoms with Crippen molar-refractivity contribution in [3.8, 4) is 22.8 Å². The second-order valence-electron chi connectivity index (χ2n) is 12.2. The highest BCUT2D eigenvalue weighted by Crippen LogP contribution is 2.36. The molecule has 220 valence electrons. The predicted octanol–water partition coefficient (Wildman–Crippen LogP) is 7.14. The fourth-order valence-corrected chi connectivity index (χ4v) is 5.44. The predicted molar refractivity (Wildman–Crippen MR) is 168 cm³/mol. The minimum Gasteiger partial charge on any atom is -0.457 e. The molecule has 0 bridgehead atoms. The summed E-state index contributed by atoms with van der Waals surface area (Å²) in [5.74, 6) is 3.11. The van der Waals surface area contributed by atoms with Crippen LogP contribution >= 0.6 is 0 Å². The summed E-state index contributed by atoms with van der Waals surface area (Å²) in [5, 5.41) is 5.27. The molecule has 1 aliphatic rings. The number of carbonyl (C=O) groups excluding carboxylic acids is 1. The Morgan fingerprint density at radius 1 is 0.860 bits per heavy atom. The number of hydrogen-bond acceptors (Lipinski definition) is 7. The topological polar surface area (TPSA) is 84.6 Å². The van der Waals surface area contributed by atoms with E-state index in [2.05, 4.69) is 43.0 Å². The van der Waals surface area contributed by atoms with E-state index in [1.165, 1.54) is 0 Å². The molecule has 0 atom stereocenters. The Balaban J connectivity index is 1.36. The summed E-state index contributed by atoms with van der Waals surface area (Å²) in [4.78, 5) is 27.3. The number of rotatable bonds is 7. The molecule has 8 nitrogen and oxygen atoms in total. The normalized spacial score (nSPS) is 14.1. The third kappa shape index (κ3) is 6.85. The molecule has 2 aromatic heterocycles. The number of fused-ring (bicyclic) bond motifs is 1. The maximum atomic E-state index is 13.1. The van der Waals surface area contributed by atoms with Crippen molar-refractivity contribution in [2.45, 2.75) is 40.0 Å². The van der Waals surface area contributed by atoms with Gasteiger partial charge in [-0.25, -0.2) is 4.98 Å². The number of carbonyl (C=O) groups is 1. The van der Waals surface area contributed by atoms with Crippen LogP contribution in [0.3, 0.4) is 0 Å². The third-order valence-electron chi connectivity index (χ3n) is 7.48. The summed E-state index contributed by atoms with van der Waals surface area (Å²) in [5.41, 5.74) is 3.03. The molecule has 8 heteroatoms. The minimum absolute atomic E-state index is 0.0512. The van der Waals surface area contributed by atoms with E-state index in [9.17, 15) is 4.79 Å². The zero-order valence-corrected chi connectivity index (χ0v) is 25.0. The standard InChI is InChI=1S/C35H37N5O3/c1-35(2,3)24-30(41)39-18-11-19-40(21-20-39)33-31-32(26-14-10-17-28(23-26)42-27-15-8-5-9-16-27)38-43-34(31)37-29(36-33)22-25-12-6-4-7-13-25/h4-10,12-17,23H,11,18-22,24H2,1-3H3. The van der Waals surface area contributed by atoms with Gasteiger partial charge in [0.05, 0.1) is 0 Å². The van der Waals surface area contributed by atoms with Crippen LogP contribution in [0.5, 0.6) is 11.5 Å². The molecule has 3 aromatic carbocycles. The fraction of sp³-hybridized carbons (Fsp3) is 0.314. The molecule has 0 spiro atoms. The van der Waals surface area contributed by atoms with Crippen molar-refractivity contribution in [1.29, 1.82) is 0 Å². The lowest BCUT2D eigenvalue weighted by Crippen LogP contribution is -2.37. The lowest BCUT2D eigenvalue weighted by Gasteiger charge is -2.26. The first kappa shape index (κ1) is 28.4. The van der Waals surface area contributed by atoms with Crippen molar-refractivity contribution in [3.05, 3.63) is 96.3 Å². The number of para-hydroxylation sites is 1. The maximum absolute atomic E-state index is 13.1. The Hall–Kier alpha value is -4.72. The Bertz CT molecular complexity index is 1700. The molecule has 1 amide bonds. The number of benzene rings is 3. The molecule has 6 rings (SSSR count). The van der Waals surface area contributed by atoms with E-state index in [1.54, 1.807) is 0 Å². The van der Waals surface area contributed by atoms with E-state index < -0.39 is 0 Å². The first-order valence-corrected chi connectivity index (χ1v) is 14.9. The molecule has 0 aliphatic carbocycles. The van der Waals surface area contributed by atoms with Gasteiger partial charge in [0.25, 0.3) is 5.71 Å². The zero-order valence-electron chi connectivity index (χ0n) is 25.0. The summed E-state index contributed by atoms with van der Waals surface area (Å²) in [6.45, 7) is 9.10. The number of ether oxygens (including phenoxy) is 1. The van der Waals surface area contributed by atoms with E-state index in [0.717, 1.165) is 47.6 Å². The van der Waals surface area contributed by atoms with Gasteiger partial charge in [0.2, 0.25) is 5.91 Å². The Labute approximate surface area is 252 Å². The molecule has 1 aliphatic heterocycles. The van der Waals surface area contributed by atoms with Crippen molar-refractivity contribution in [3.63, 3.8) is 0 Å². The van der Waals surface area contributed by atoms with Gasteiger partial charge in [-0.3, -0.25) is 4.79 Å². The summed E-state index contributed by atoms with van der Waals surface area (Å²) >= 11 is 0. The van der Waals surface area contributed by atoms with Gasteiger partial charge in [-0.05, 0) is 41.7 Å². The SMILES string of the molecule is CC(C)(C)CC(=O)N1CCCN(c2nc(Cc3ccccc3)nc3onc(-c4cccc(Oc5ccccc5)c4)c23)CC1. The number of amides is 1. The number of nitrogens with zero attached hydrogens (tertiary/aromatic N) is 5. The Morgan fingerprint density at radius 2 is 1.60 bits per heavy atom. The van der Waals surface area contributed by atoms with Crippen molar-refractivity contribution in [1.82, 2.24) is 20.0 Å². The lowest BCUT2D eigenvalue weighted by molar-refractivity contribution is -0.132. The summed E-state index contributed by atoms with van der Waals surface area (Å²) in [6, 6.07) is 27.7. The van der Waals surface area contributed by atoms with E-state index in [1.807, 2.05) is 77.7 Å². The first-order valence-electron chi connectivity index (χ1n) is 14.9. The van der Waals surface area contributed by atoms with E-state index in [4.69, 9.17) is 19.2 Å². The molecular formula is C35H37N5O3. The third-order valence-corrected chi connectivity index (χ3v) is 7.48. The summed E-state index contributed by atoms with van der Waals surface area (Å²) in [6.07, 6.45) is 1.95. The average molecular weight is 576 g/mol. The van der Waals surface area contributed by atoms with Gasteiger partial charge in [0, 0.05) is 44.6 Å². The van der Waals surface area contributed by atoms with Gasteiger partial charge < -0.3 is 19.1 Å². The monoisotopic (exact) mass is 575 g/mol. The van der Waals surface area contributed by atoms with Crippen LogP contribution in [0.25, 0.3) is 22.4 Å². The molecule has 1 fully saturated rings. The molecule has 43 heavy (non-hydrogen) atoms. The van der Waals surface area contributed by atoms with Crippen LogP contribution in [0.4, 0.5) is 5.82 Å². The van der Waals surface area contributed by atoms with Gasteiger partial charge in [0.1, 0.15) is 34.2 Å². The minimum atomic E-state index is -0.0512. The molecule has 0 radical (unpaired) electrons. The van der Waals surface area contributed by atoms with Crippen molar-refractivity contribution >= 4 is 22.8 Å². The number of aromatic nitrogens is 3. The van der Waals surface area contributed by atoms with Crippen LogP contribution in [0.2, 0.25) is 0 Å². The van der Waals surface area contributed by atoms with Crippen LogP contribution in [0, 0.1) is 5.41 Å². The van der Waals surface area contributed by atoms with Gasteiger partial charge in [-0.15, -0.1) is 0 Å². The largest absolute Gasteiger partial charge is 0.457 e. The Kier molecular flexibility index (Phi) is 8.09. The molecule has 0 saturated carbocycles. The maximum Gasteiger partial charge on any atom is 0.263 e.